The van der Waals surface area contributed by atoms with E-state index in [0.29, 0.717) is 10.8 Å². The maximum Gasteiger partial charge on any atom is 0.322 e. The Morgan fingerprint density at radius 3 is 2.83 bits per heavy atom. The van der Waals surface area contributed by atoms with Gasteiger partial charge in [-0.15, -0.1) is 0 Å². The predicted molar refractivity (Wildman–Crippen MR) is 66.8 cm³/mol. The van der Waals surface area contributed by atoms with Gasteiger partial charge in [0.25, 0.3) is 0 Å². The monoisotopic (exact) mass is 271 g/mol. The SMILES string of the molecule is CC(CC(=O)NCC(=O)O)Oc1cccc(Cl)c1. The number of hydrogen-bond acceptors (Lipinski definition) is 3. The van der Waals surface area contributed by atoms with E-state index >= 15 is 0 Å². The highest BCUT2D eigenvalue weighted by atomic mass is 35.5. The lowest BCUT2D eigenvalue weighted by atomic mass is 10.2. The van der Waals surface area contributed by atoms with Gasteiger partial charge in [0.15, 0.2) is 0 Å². The van der Waals surface area contributed by atoms with E-state index in [4.69, 9.17) is 21.4 Å². The molecule has 0 aromatic heterocycles. The van der Waals surface area contributed by atoms with Gasteiger partial charge < -0.3 is 15.2 Å². The van der Waals surface area contributed by atoms with Crippen LogP contribution in [0.5, 0.6) is 5.75 Å². The fraction of sp³-hybridized carbons (Fsp3) is 0.333. The molecule has 0 aliphatic heterocycles. The average molecular weight is 272 g/mol. The van der Waals surface area contributed by atoms with Crippen molar-refractivity contribution in [1.82, 2.24) is 5.32 Å². The van der Waals surface area contributed by atoms with Gasteiger partial charge >= 0.3 is 5.97 Å². The number of carbonyl (C=O) groups excluding carboxylic acids is 1. The molecule has 5 nitrogen and oxygen atoms in total. The van der Waals surface area contributed by atoms with Crippen LogP contribution in [-0.2, 0) is 9.59 Å². The molecule has 6 heteroatoms. The summed E-state index contributed by atoms with van der Waals surface area (Å²) in [5.74, 6) is -0.875. The minimum atomic E-state index is -1.08. The molecular formula is C12H14ClNO4. The molecule has 18 heavy (non-hydrogen) atoms. The van der Waals surface area contributed by atoms with E-state index in [2.05, 4.69) is 5.32 Å². The summed E-state index contributed by atoms with van der Waals surface area (Å²) in [6.07, 6.45) is -0.281. The molecule has 1 unspecified atom stereocenters. The first-order valence-electron chi connectivity index (χ1n) is 5.38. The molecule has 0 radical (unpaired) electrons. The van der Waals surface area contributed by atoms with Gasteiger partial charge in [-0.2, -0.15) is 0 Å². The first-order valence-corrected chi connectivity index (χ1v) is 5.76. The van der Waals surface area contributed by atoms with Crippen molar-refractivity contribution in [3.63, 3.8) is 0 Å². The minimum Gasteiger partial charge on any atom is -0.490 e. The largest absolute Gasteiger partial charge is 0.490 e. The lowest BCUT2D eigenvalue weighted by molar-refractivity contribution is -0.138. The van der Waals surface area contributed by atoms with E-state index in [1.807, 2.05) is 0 Å². The Labute approximate surface area is 110 Å². The van der Waals surface area contributed by atoms with Crippen LogP contribution in [0.15, 0.2) is 24.3 Å². The van der Waals surface area contributed by atoms with Crippen LogP contribution < -0.4 is 10.1 Å². The van der Waals surface area contributed by atoms with Crippen molar-refractivity contribution in [2.24, 2.45) is 0 Å². The van der Waals surface area contributed by atoms with Crippen LogP contribution in [0.3, 0.4) is 0 Å². The van der Waals surface area contributed by atoms with Crippen molar-refractivity contribution in [3.05, 3.63) is 29.3 Å². The van der Waals surface area contributed by atoms with Gasteiger partial charge in [-0.1, -0.05) is 17.7 Å². The number of amides is 1. The molecule has 0 spiro atoms. The zero-order chi connectivity index (χ0) is 13.5. The predicted octanol–water partition coefficient (Wildman–Crippen LogP) is 1.70. The molecule has 2 N–H and O–H groups in total. The van der Waals surface area contributed by atoms with Gasteiger partial charge in [0.05, 0.1) is 6.42 Å². The lowest BCUT2D eigenvalue weighted by Gasteiger charge is -2.14. The smallest absolute Gasteiger partial charge is 0.322 e. The molecule has 0 aliphatic carbocycles. The Morgan fingerprint density at radius 1 is 1.50 bits per heavy atom. The molecule has 0 saturated carbocycles. The fourth-order valence-corrected chi connectivity index (χ4v) is 1.50. The molecule has 0 aliphatic rings. The fourth-order valence-electron chi connectivity index (χ4n) is 1.32. The molecule has 98 valence electrons. The summed E-state index contributed by atoms with van der Waals surface area (Å²) in [6, 6.07) is 6.85. The quantitative estimate of drug-likeness (QED) is 0.826. The van der Waals surface area contributed by atoms with Crippen LogP contribution in [0.1, 0.15) is 13.3 Å². The van der Waals surface area contributed by atoms with Crippen molar-refractivity contribution in [2.75, 3.05) is 6.54 Å². The summed E-state index contributed by atoms with van der Waals surface area (Å²) in [7, 11) is 0. The third-order valence-corrected chi connectivity index (χ3v) is 2.28. The van der Waals surface area contributed by atoms with Crippen LogP contribution in [0.2, 0.25) is 5.02 Å². The number of carbonyl (C=O) groups is 2. The molecule has 1 aromatic carbocycles. The van der Waals surface area contributed by atoms with E-state index in [1.54, 1.807) is 31.2 Å². The second kappa shape index (κ2) is 6.86. The molecule has 0 fully saturated rings. The highest BCUT2D eigenvalue weighted by Gasteiger charge is 2.11. The van der Waals surface area contributed by atoms with Gasteiger partial charge in [-0.3, -0.25) is 9.59 Å². The van der Waals surface area contributed by atoms with E-state index in [9.17, 15) is 9.59 Å². The third-order valence-electron chi connectivity index (χ3n) is 2.04. The minimum absolute atomic E-state index is 0.0831. The van der Waals surface area contributed by atoms with Gasteiger partial charge in [-0.25, -0.2) is 0 Å². The van der Waals surface area contributed by atoms with E-state index in [1.165, 1.54) is 0 Å². The number of nitrogens with one attached hydrogen (secondary N) is 1. The average Bonchev–Trinajstić information content (AvgIpc) is 2.26. The lowest BCUT2D eigenvalue weighted by Crippen LogP contribution is -2.32. The first-order chi connectivity index (χ1) is 8.47. The maximum absolute atomic E-state index is 11.3. The van der Waals surface area contributed by atoms with Crippen molar-refractivity contribution in [3.8, 4) is 5.75 Å². The van der Waals surface area contributed by atoms with Crippen LogP contribution in [0, 0.1) is 0 Å². The molecule has 1 amide bonds. The topological polar surface area (TPSA) is 75.6 Å². The number of carboxylic acid groups (broad SMARTS) is 1. The maximum atomic E-state index is 11.3. The summed E-state index contributed by atoms with van der Waals surface area (Å²) in [5.41, 5.74) is 0. The normalized spacial score (nSPS) is 11.7. The summed E-state index contributed by atoms with van der Waals surface area (Å²) < 4.78 is 5.48. The van der Waals surface area contributed by atoms with Gasteiger partial charge in [0.2, 0.25) is 5.91 Å². The van der Waals surface area contributed by atoms with E-state index in [0.717, 1.165) is 0 Å². The molecule has 1 aromatic rings. The summed E-state index contributed by atoms with van der Waals surface area (Å²) >= 11 is 5.79. The van der Waals surface area contributed by atoms with Crippen molar-refractivity contribution in [1.29, 1.82) is 0 Å². The second-order valence-electron chi connectivity index (χ2n) is 3.76. The van der Waals surface area contributed by atoms with Crippen LogP contribution in [0.25, 0.3) is 0 Å². The van der Waals surface area contributed by atoms with Crippen LogP contribution in [-0.4, -0.2) is 29.6 Å². The standard InChI is InChI=1S/C12H14ClNO4/c1-8(5-11(15)14-7-12(16)17)18-10-4-2-3-9(13)6-10/h2-4,6,8H,5,7H2,1H3,(H,14,15)(H,16,17). The van der Waals surface area contributed by atoms with Crippen molar-refractivity contribution < 1.29 is 19.4 Å². The van der Waals surface area contributed by atoms with Crippen LogP contribution in [0.4, 0.5) is 0 Å². The molecule has 1 atom stereocenters. The Kier molecular flexibility index (Phi) is 5.45. The van der Waals surface area contributed by atoms with E-state index < -0.39 is 5.97 Å². The molecule has 0 saturated heterocycles. The Bertz CT molecular complexity index is 436. The number of carboxylic acids is 1. The van der Waals surface area contributed by atoms with Crippen molar-refractivity contribution >= 4 is 23.5 Å². The van der Waals surface area contributed by atoms with Gasteiger partial charge in [-0.05, 0) is 25.1 Å². The van der Waals surface area contributed by atoms with Crippen LogP contribution >= 0.6 is 11.6 Å². The number of aliphatic carboxylic acids is 1. The highest BCUT2D eigenvalue weighted by molar-refractivity contribution is 6.30. The van der Waals surface area contributed by atoms with Gasteiger partial charge in [0.1, 0.15) is 18.4 Å². The zero-order valence-corrected chi connectivity index (χ0v) is 10.6. The number of ether oxygens (including phenoxy) is 1. The summed E-state index contributed by atoms with van der Waals surface area (Å²) in [6.45, 7) is 1.34. The summed E-state index contributed by atoms with van der Waals surface area (Å²) in [4.78, 5) is 21.6. The second-order valence-corrected chi connectivity index (χ2v) is 4.20. The Balaban J connectivity index is 2.39. The molecule has 0 bridgehead atoms. The van der Waals surface area contributed by atoms with E-state index in [-0.39, 0.29) is 25.0 Å². The number of halogens is 1. The third kappa shape index (κ3) is 5.54. The molecular weight excluding hydrogens is 258 g/mol. The Hall–Kier alpha value is -1.75. The number of rotatable bonds is 6. The zero-order valence-electron chi connectivity index (χ0n) is 9.85. The molecule has 0 heterocycles. The number of hydrogen-bond donors (Lipinski definition) is 2. The summed E-state index contributed by atoms with van der Waals surface area (Å²) in [5, 5.41) is 11.2. The Morgan fingerprint density at radius 2 is 2.22 bits per heavy atom. The highest BCUT2D eigenvalue weighted by Crippen LogP contribution is 2.18. The first kappa shape index (κ1) is 14.3. The molecule has 1 rings (SSSR count). The number of benzene rings is 1. The van der Waals surface area contributed by atoms with Crippen molar-refractivity contribution in [2.45, 2.75) is 19.4 Å². The van der Waals surface area contributed by atoms with Gasteiger partial charge in [0, 0.05) is 5.02 Å².